The van der Waals surface area contributed by atoms with Crippen molar-refractivity contribution in [3.63, 3.8) is 0 Å². The Morgan fingerprint density at radius 1 is 1.23 bits per heavy atom. The minimum absolute atomic E-state index is 0.0461. The summed E-state index contributed by atoms with van der Waals surface area (Å²) in [5.74, 6) is 0.485. The summed E-state index contributed by atoms with van der Waals surface area (Å²) in [4.78, 5) is 34.0. The van der Waals surface area contributed by atoms with Crippen LogP contribution in [0, 0.1) is 5.92 Å². The molecule has 1 unspecified atom stereocenters. The first-order chi connectivity index (χ1) is 12.1. The molecule has 1 amide bonds. The van der Waals surface area contributed by atoms with E-state index in [1.807, 2.05) is 39.8 Å². The van der Waals surface area contributed by atoms with Gasteiger partial charge in [0, 0.05) is 31.1 Å². The van der Waals surface area contributed by atoms with Gasteiger partial charge in [0.05, 0.1) is 16.9 Å². The number of hydrogen-bond donors (Lipinski definition) is 0. The van der Waals surface area contributed by atoms with E-state index in [9.17, 15) is 9.59 Å². The molecule has 2 aromatic rings. The Morgan fingerprint density at radius 3 is 2.46 bits per heavy atom. The highest BCUT2D eigenvalue weighted by Crippen LogP contribution is 2.22. The van der Waals surface area contributed by atoms with Crippen molar-refractivity contribution in [3.8, 4) is 0 Å². The molecule has 26 heavy (non-hydrogen) atoms. The normalized spacial score (nSPS) is 12.8. The summed E-state index contributed by atoms with van der Waals surface area (Å²) in [7, 11) is 5.62. The topological polar surface area (TPSA) is 58.4 Å². The molecule has 2 rings (SSSR count). The van der Waals surface area contributed by atoms with Crippen LogP contribution in [0.5, 0.6) is 0 Å². The van der Waals surface area contributed by atoms with Gasteiger partial charge in [0.2, 0.25) is 5.91 Å². The molecule has 142 valence electrons. The van der Waals surface area contributed by atoms with Crippen molar-refractivity contribution in [3.05, 3.63) is 39.4 Å². The second-order valence-electron chi connectivity index (χ2n) is 7.16. The second kappa shape index (κ2) is 8.18. The molecule has 1 atom stereocenters. The monoisotopic (exact) mass is 378 g/mol. The molecular formula is C19H27ClN4O2. The Kier molecular flexibility index (Phi) is 6.42. The Hall–Kier alpha value is -1.92. The van der Waals surface area contributed by atoms with Gasteiger partial charge in [-0.05, 0) is 39.2 Å². The number of nitrogens with zero attached hydrogens (tertiary/aromatic N) is 4. The summed E-state index contributed by atoms with van der Waals surface area (Å²) in [6.45, 7) is 6.98. The molecule has 0 saturated carbocycles. The number of carbonyl (C=O) groups excluding carboxylic acids is 1. The molecule has 0 aliphatic rings. The van der Waals surface area contributed by atoms with Gasteiger partial charge in [-0.2, -0.15) is 0 Å². The highest BCUT2D eigenvalue weighted by atomic mass is 35.5. The van der Waals surface area contributed by atoms with E-state index in [0.717, 1.165) is 6.54 Å². The van der Waals surface area contributed by atoms with Gasteiger partial charge in [-0.25, -0.2) is 4.98 Å². The highest BCUT2D eigenvalue weighted by Gasteiger charge is 2.26. The van der Waals surface area contributed by atoms with Crippen molar-refractivity contribution >= 4 is 28.4 Å². The average molecular weight is 379 g/mol. The molecule has 7 heteroatoms. The van der Waals surface area contributed by atoms with Gasteiger partial charge >= 0.3 is 0 Å². The summed E-state index contributed by atoms with van der Waals surface area (Å²) >= 11 is 6.01. The van der Waals surface area contributed by atoms with E-state index < -0.39 is 0 Å². The van der Waals surface area contributed by atoms with Crippen LogP contribution in [0.2, 0.25) is 5.02 Å². The van der Waals surface area contributed by atoms with Crippen LogP contribution in [0.25, 0.3) is 10.9 Å². The minimum Gasteiger partial charge on any atom is -0.331 e. The number of amides is 1. The van der Waals surface area contributed by atoms with Crippen molar-refractivity contribution in [2.45, 2.75) is 26.8 Å². The number of rotatable bonds is 6. The first-order valence-corrected chi connectivity index (χ1v) is 9.12. The zero-order chi connectivity index (χ0) is 19.6. The van der Waals surface area contributed by atoms with Crippen LogP contribution in [0.4, 0.5) is 0 Å². The van der Waals surface area contributed by atoms with Gasteiger partial charge in [0.15, 0.2) is 0 Å². The molecule has 1 heterocycles. The number of likely N-dealkylation sites (N-methyl/N-ethyl adjacent to an activating group) is 1. The molecule has 1 aromatic carbocycles. The van der Waals surface area contributed by atoms with E-state index in [4.69, 9.17) is 11.6 Å². The number of aromatic nitrogens is 2. The maximum absolute atomic E-state index is 12.8. The predicted octanol–water partition coefficient (Wildman–Crippen LogP) is 2.69. The largest absolute Gasteiger partial charge is 0.331 e. The molecule has 6 nitrogen and oxygen atoms in total. The van der Waals surface area contributed by atoms with Crippen LogP contribution >= 0.6 is 11.6 Å². The average Bonchev–Trinajstić information content (AvgIpc) is 2.57. The molecule has 0 aliphatic heterocycles. The van der Waals surface area contributed by atoms with Gasteiger partial charge in [-0.1, -0.05) is 25.4 Å². The lowest BCUT2D eigenvalue weighted by molar-refractivity contribution is -0.137. The van der Waals surface area contributed by atoms with Crippen molar-refractivity contribution in [2.75, 3.05) is 27.2 Å². The van der Waals surface area contributed by atoms with Gasteiger partial charge < -0.3 is 9.80 Å². The lowest BCUT2D eigenvalue weighted by Crippen LogP contribution is -2.42. The molecule has 1 aromatic heterocycles. The van der Waals surface area contributed by atoms with E-state index in [1.54, 1.807) is 30.1 Å². The first kappa shape index (κ1) is 20.4. The number of fused-ring (bicyclic) bond motifs is 1. The molecule has 0 fully saturated rings. The Morgan fingerprint density at radius 2 is 1.88 bits per heavy atom. The fourth-order valence-electron chi connectivity index (χ4n) is 2.91. The number of halogens is 1. The van der Waals surface area contributed by atoms with Crippen molar-refractivity contribution in [2.24, 2.45) is 13.0 Å². The SMILES string of the molecule is CC(C)C(=O)N(CCN(C)C)C(C)c1nc2ccc(Cl)cc2c(=O)n1C. The smallest absolute Gasteiger partial charge is 0.261 e. The summed E-state index contributed by atoms with van der Waals surface area (Å²) in [5, 5.41) is 0.978. The zero-order valence-electron chi connectivity index (χ0n) is 16.3. The number of carbonyl (C=O) groups is 1. The van der Waals surface area contributed by atoms with Crippen LogP contribution in [-0.4, -0.2) is 52.4 Å². The number of hydrogen-bond acceptors (Lipinski definition) is 4. The third-order valence-electron chi connectivity index (χ3n) is 4.48. The predicted molar refractivity (Wildman–Crippen MR) is 106 cm³/mol. The lowest BCUT2D eigenvalue weighted by atomic mass is 10.1. The van der Waals surface area contributed by atoms with Crippen LogP contribution < -0.4 is 5.56 Å². The molecular weight excluding hydrogens is 352 g/mol. The van der Waals surface area contributed by atoms with Crippen LogP contribution in [-0.2, 0) is 11.8 Å². The van der Waals surface area contributed by atoms with Crippen LogP contribution in [0.15, 0.2) is 23.0 Å². The molecule has 0 radical (unpaired) electrons. The third kappa shape index (κ3) is 4.24. The zero-order valence-corrected chi connectivity index (χ0v) is 17.0. The van der Waals surface area contributed by atoms with E-state index in [2.05, 4.69) is 4.98 Å². The van der Waals surface area contributed by atoms with Crippen LogP contribution in [0.1, 0.15) is 32.6 Å². The van der Waals surface area contributed by atoms with Gasteiger partial charge in [-0.15, -0.1) is 0 Å². The molecule has 0 aliphatic carbocycles. The summed E-state index contributed by atoms with van der Waals surface area (Å²) < 4.78 is 1.51. The van der Waals surface area contributed by atoms with E-state index >= 15 is 0 Å². The quantitative estimate of drug-likeness (QED) is 0.775. The van der Waals surface area contributed by atoms with Gasteiger partial charge in [-0.3, -0.25) is 14.2 Å². The molecule has 0 bridgehead atoms. The molecule has 0 N–H and O–H groups in total. The lowest BCUT2D eigenvalue weighted by Gasteiger charge is -2.32. The van der Waals surface area contributed by atoms with Gasteiger partial charge in [0.25, 0.3) is 5.56 Å². The van der Waals surface area contributed by atoms with Crippen molar-refractivity contribution in [1.82, 2.24) is 19.4 Å². The highest BCUT2D eigenvalue weighted by molar-refractivity contribution is 6.31. The second-order valence-corrected chi connectivity index (χ2v) is 7.60. The third-order valence-corrected chi connectivity index (χ3v) is 4.71. The van der Waals surface area contributed by atoms with Crippen molar-refractivity contribution in [1.29, 1.82) is 0 Å². The standard InChI is InChI=1S/C19H27ClN4O2/c1-12(2)18(25)24(10-9-22(4)5)13(3)17-21-16-8-7-14(20)11-15(16)19(26)23(17)6/h7-8,11-13H,9-10H2,1-6H3. The maximum atomic E-state index is 12.8. The molecule has 0 spiro atoms. The van der Waals surface area contributed by atoms with E-state index in [1.165, 1.54) is 4.57 Å². The maximum Gasteiger partial charge on any atom is 0.261 e. The van der Waals surface area contributed by atoms with E-state index in [-0.39, 0.29) is 23.4 Å². The summed E-state index contributed by atoms with van der Waals surface area (Å²) in [6.07, 6.45) is 0. The van der Waals surface area contributed by atoms with Gasteiger partial charge in [0.1, 0.15) is 5.82 Å². The Bertz CT molecular complexity index is 860. The summed E-state index contributed by atoms with van der Waals surface area (Å²) in [5.41, 5.74) is 0.424. The van der Waals surface area contributed by atoms with E-state index in [0.29, 0.717) is 28.3 Å². The number of benzene rings is 1. The van der Waals surface area contributed by atoms with Crippen molar-refractivity contribution < 1.29 is 4.79 Å². The fourth-order valence-corrected chi connectivity index (χ4v) is 3.08. The Balaban J connectivity index is 2.52. The summed E-state index contributed by atoms with van der Waals surface area (Å²) in [6, 6.07) is 4.77. The molecule has 0 saturated heterocycles. The van der Waals surface area contributed by atoms with Crippen LogP contribution in [0.3, 0.4) is 0 Å². The fraction of sp³-hybridized carbons (Fsp3) is 0.526. The Labute approximate surface area is 159 Å². The minimum atomic E-state index is -0.317. The first-order valence-electron chi connectivity index (χ1n) is 8.74.